The number of allylic oxidation sites excluding steroid dienone is 1. The first-order chi connectivity index (χ1) is 18.8. The zero-order valence-corrected chi connectivity index (χ0v) is 22.0. The van der Waals surface area contributed by atoms with Gasteiger partial charge in [-0.3, -0.25) is 9.78 Å². The fourth-order valence-electron chi connectivity index (χ4n) is 6.69. The Morgan fingerprint density at radius 1 is 1.18 bits per heavy atom. The molecule has 2 heterocycles. The summed E-state index contributed by atoms with van der Waals surface area (Å²) in [5.74, 6) is -0.420. The standard InChI is InChI=1S/C30H33FN2O6/c1-17-28-25(11-8-22-7-6-19(15-32-22)18-4-3-5-21(31)12-18)24-10-9-23(33-30(36)38-16-27(34)37-2)13-20(24)14-26(28)29(35)39-17/h3-8,11-12,15,17,20,23-26,28H,9-10,13-14,16H2,1-2H3,(H,33,36)/b11-8+/t17-,20+,23+,24-,25+,26-,28+/m1/s1. The molecule has 0 bridgehead atoms. The van der Waals surface area contributed by atoms with Crippen LogP contribution in [0.4, 0.5) is 9.18 Å². The number of cyclic esters (lactones) is 1. The SMILES string of the molecule is COC(=O)COC(=O)N[C@H]1CC[C@@H]2[C@@H](C1)C[C@H]1C(=O)O[C@H](C)[C@H]1[C@H]2/C=C/c1ccc(-c2cccc(F)c2)cn1. The number of rotatable bonds is 6. The van der Waals surface area contributed by atoms with Crippen LogP contribution in [0.15, 0.2) is 48.7 Å². The quantitative estimate of drug-likeness (QED) is 0.419. The van der Waals surface area contributed by atoms with Gasteiger partial charge < -0.3 is 19.5 Å². The smallest absolute Gasteiger partial charge is 0.407 e. The minimum absolute atomic E-state index is 0.0931. The van der Waals surface area contributed by atoms with Crippen molar-refractivity contribution in [2.75, 3.05) is 13.7 Å². The summed E-state index contributed by atoms with van der Waals surface area (Å²) in [4.78, 5) is 40.7. The van der Waals surface area contributed by atoms with E-state index in [1.807, 2.05) is 31.2 Å². The van der Waals surface area contributed by atoms with Gasteiger partial charge in [0.15, 0.2) is 6.61 Å². The molecule has 1 aliphatic heterocycles. The number of halogens is 1. The van der Waals surface area contributed by atoms with Crippen LogP contribution in [0.3, 0.4) is 0 Å². The first-order valence-electron chi connectivity index (χ1n) is 13.4. The van der Waals surface area contributed by atoms with Gasteiger partial charge in [-0.15, -0.1) is 0 Å². The van der Waals surface area contributed by atoms with Crippen molar-refractivity contribution >= 4 is 24.1 Å². The van der Waals surface area contributed by atoms with E-state index >= 15 is 0 Å². The van der Waals surface area contributed by atoms with Gasteiger partial charge in [0.1, 0.15) is 11.9 Å². The maximum absolute atomic E-state index is 13.6. The summed E-state index contributed by atoms with van der Waals surface area (Å²) in [6, 6.07) is 10.2. The molecule has 5 rings (SSSR count). The minimum atomic E-state index is -0.643. The van der Waals surface area contributed by atoms with Gasteiger partial charge in [-0.05, 0) is 80.2 Å². The van der Waals surface area contributed by atoms with E-state index in [1.165, 1.54) is 19.2 Å². The van der Waals surface area contributed by atoms with Crippen molar-refractivity contribution in [3.63, 3.8) is 0 Å². The van der Waals surface area contributed by atoms with E-state index in [9.17, 15) is 18.8 Å². The molecule has 9 heteroatoms. The van der Waals surface area contributed by atoms with E-state index in [4.69, 9.17) is 9.47 Å². The molecule has 1 aromatic heterocycles. The number of carbonyl (C=O) groups excluding carboxylic acids is 3. The van der Waals surface area contributed by atoms with E-state index in [1.54, 1.807) is 12.3 Å². The van der Waals surface area contributed by atoms with Gasteiger partial charge in [0.25, 0.3) is 0 Å². The second-order valence-electron chi connectivity index (χ2n) is 10.7. The summed E-state index contributed by atoms with van der Waals surface area (Å²) >= 11 is 0. The average molecular weight is 537 g/mol. The lowest BCUT2D eigenvalue weighted by Crippen LogP contribution is -2.48. The molecular formula is C30H33FN2O6. The highest BCUT2D eigenvalue weighted by Gasteiger charge is 2.54. The molecule has 0 unspecified atom stereocenters. The largest absolute Gasteiger partial charge is 0.466 e. The predicted octanol–water partition coefficient (Wildman–Crippen LogP) is 4.78. The Bertz CT molecular complexity index is 1250. The molecule has 0 radical (unpaired) electrons. The molecule has 2 aliphatic carbocycles. The molecule has 2 aromatic rings. The Hall–Kier alpha value is -3.75. The van der Waals surface area contributed by atoms with Crippen LogP contribution in [-0.4, -0.2) is 48.9 Å². The van der Waals surface area contributed by atoms with Gasteiger partial charge >= 0.3 is 18.0 Å². The summed E-state index contributed by atoms with van der Waals surface area (Å²) in [6.07, 6.45) is 8.24. The van der Waals surface area contributed by atoms with Gasteiger partial charge in [0, 0.05) is 23.7 Å². The highest BCUT2D eigenvalue weighted by atomic mass is 19.1. The van der Waals surface area contributed by atoms with E-state index in [2.05, 4.69) is 21.1 Å². The number of ether oxygens (including phenoxy) is 3. The molecule has 3 fully saturated rings. The van der Waals surface area contributed by atoms with Gasteiger partial charge in [-0.2, -0.15) is 0 Å². The number of hydrogen-bond donors (Lipinski definition) is 1. The number of carbonyl (C=O) groups is 3. The topological polar surface area (TPSA) is 104 Å². The fourth-order valence-corrected chi connectivity index (χ4v) is 6.69. The molecule has 3 aliphatic rings. The molecule has 39 heavy (non-hydrogen) atoms. The Balaban J connectivity index is 1.29. The van der Waals surface area contributed by atoms with E-state index in [-0.39, 0.29) is 47.6 Å². The first kappa shape index (κ1) is 26.8. The maximum Gasteiger partial charge on any atom is 0.407 e. The third-order valence-corrected chi connectivity index (χ3v) is 8.45. The highest BCUT2D eigenvalue weighted by molar-refractivity contribution is 5.76. The van der Waals surface area contributed by atoms with Crippen LogP contribution in [0.2, 0.25) is 0 Å². The number of pyridine rings is 1. The summed E-state index contributed by atoms with van der Waals surface area (Å²) in [5.41, 5.74) is 2.39. The molecule has 1 aromatic carbocycles. The van der Waals surface area contributed by atoms with Crippen LogP contribution >= 0.6 is 0 Å². The summed E-state index contributed by atoms with van der Waals surface area (Å²) in [7, 11) is 1.24. The predicted molar refractivity (Wildman–Crippen MR) is 140 cm³/mol. The van der Waals surface area contributed by atoms with Crippen molar-refractivity contribution < 1.29 is 33.0 Å². The number of alkyl carbamates (subject to hydrolysis) is 1. The van der Waals surface area contributed by atoms with Crippen LogP contribution in [-0.2, 0) is 23.8 Å². The molecular weight excluding hydrogens is 503 g/mol. The number of nitrogens with one attached hydrogen (secondary N) is 1. The Kier molecular flexibility index (Phi) is 7.95. The summed E-state index contributed by atoms with van der Waals surface area (Å²) in [5, 5.41) is 2.87. The van der Waals surface area contributed by atoms with Crippen molar-refractivity contribution in [2.24, 2.45) is 29.6 Å². The number of amides is 1. The number of esters is 2. The van der Waals surface area contributed by atoms with Crippen LogP contribution < -0.4 is 5.32 Å². The number of hydrogen-bond acceptors (Lipinski definition) is 7. The number of benzene rings is 1. The molecule has 8 nitrogen and oxygen atoms in total. The number of aromatic nitrogens is 1. The van der Waals surface area contributed by atoms with E-state index in [0.717, 1.165) is 42.5 Å². The van der Waals surface area contributed by atoms with Gasteiger partial charge in [-0.25, -0.2) is 14.0 Å². The second-order valence-corrected chi connectivity index (χ2v) is 10.7. The minimum Gasteiger partial charge on any atom is -0.466 e. The van der Waals surface area contributed by atoms with Crippen LogP contribution in [0.1, 0.15) is 38.3 Å². The third kappa shape index (κ3) is 5.97. The third-order valence-electron chi connectivity index (χ3n) is 8.45. The monoisotopic (exact) mass is 536 g/mol. The normalized spacial score (nSPS) is 29.7. The summed E-state index contributed by atoms with van der Waals surface area (Å²) < 4.78 is 28.7. The van der Waals surface area contributed by atoms with Gasteiger partial charge in [0.05, 0.1) is 18.7 Å². The fraction of sp³-hybridized carbons (Fsp3) is 0.467. The number of nitrogens with zero attached hydrogens (tertiary/aromatic N) is 1. The Morgan fingerprint density at radius 3 is 2.77 bits per heavy atom. The molecule has 206 valence electrons. The molecule has 0 spiro atoms. The zero-order chi connectivity index (χ0) is 27.5. The highest BCUT2D eigenvalue weighted by Crippen LogP contribution is 2.53. The van der Waals surface area contributed by atoms with Crippen LogP contribution in [0.25, 0.3) is 17.2 Å². The zero-order valence-electron chi connectivity index (χ0n) is 22.0. The number of fused-ring (bicyclic) bond motifs is 2. The first-order valence-corrected chi connectivity index (χ1v) is 13.4. The Labute approximate surface area is 226 Å². The lowest BCUT2D eigenvalue weighted by atomic mass is 9.57. The molecule has 1 N–H and O–H groups in total. The lowest BCUT2D eigenvalue weighted by molar-refractivity contribution is -0.145. The van der Waals surface area contributed by atoms with Crippen molar-refractivity contribution in [1.82, 2.24) is 10.3 Å². The maximum atomic E-state index is 13.6. The van der Waals surface area contributed by atoms with Gasteiger partial charge in [-0.1, -0.05) is 24.3 Å². The van der Waals surface area contributed by atoms with Crippen molar-refractivity contribution in [3.05, 3.63) is 60.2 Å². The van der Waals surface area contributed by atoms with Crippen LogP contribution in [0.5, 0.6) is 0 Å². The molecule has 2 saturated carbocycles. The average Bonchev–Trinajstić information content (AvgIpc) is 3.22. The second kappa shape index (κ2) is 11.6. The molecule has 7 atom stereocenters. The van der Waals surface area contributed by atoms with Gasteiger partial charge in [0.2, 0.25) is 0 Å². The number of methoxy groups -OCH3 is 1. The van der Waals surface area contributed by atoms with Crippen molar-refractivity contribution in [2.45, 2.75) is 44.8 Å². The van der Waals surface area contributed by atoms with E-state index < -0.39 is 18.7 Å². The van der Waals surface area contributed by atoms with Crippen molar-refractivity contribution in [1.29, 1.82) is 0 Å². The molecule has 1 saturated heterocycles. The Morgan fingerprint density at radius 2 is 2.03 bits per heavy atom. The summed E-state index contributed by atoms with van der Waals surface area (Å²) in [6.45, 7) is 1.54. The van der Waals surface area contributed by atoms with Crippen LogP contribution in [0, 0.1) is 35.4 Å². The lowest BCUT2D eigenvalue weighted by Gasteiger charge is -2.47. The van der Waals surface area contributed by atoms with Crippen molar-refractivity contribution in [3.8, 4) is 11.1 Å². The molecule has 1 amide bonds. The van der Waals surface area contributed by atoms with E-state index in [0.29, 0.717) is 5.92 Å².